The van der Waals surface area contributed by atoms with Crippen LogP contribution in [0, 0.1) is 0 Å². The van der Waals surface area contributed by atoms with Crippen LogP contribution in [0.2, 0.25) is 0 Å². The molecule has 0 bridgehead atoms. The molecule has 0 N–H and O–H groups in total. The van der Waals surface area contributed by atoms with E-state index in [1.165, 1.54) is 94.2 Å². The third kappa shape index (κ3) is 9.20. The molecular formula is C21H32S9. The van der Waals surface area contributed by atoms with Gasteiger partial charge in [0.05, 0.1) is 25.4 Å². The Labute approximate surface area is 223 Å². The first-order valence-corrected chi connectivity index (χ1v) is 18.9. The fraction of sp³-hybridized carbons (Fsp3) is 0.714. The van der Waals surface area contributed by atoms with Crippen LogP contribution in [0.1, 0.15) is 64.2 Å². The number of hydrogen-bond acceptors (Lipinski definition) is 9. The second kappa shape index (κ2) is 16.1. The SMILES string of the molecule is CSC1=C(SCCCCCCCCCCCCS)SC(=C2SC3=C(SCCS3)S2)S1. The Balaban J connectivity index is 1.27. The molecule has 170 valence electrons. The van der Waals surface area contributed by atoms with E-state index in [0.717, 1.165) is 5.75 Å². The lowest BCUT2D eigenvalue weighted by molar-refractivity contribution is 0.564. The number of thioether (sulfide) groups is 8. The van der Waals surface area contributed by atoms with E-state index in [4.69, 9.17) is 0 Å². The maximum Gasteiger partial charge on any atom is 0.0717 e. The molecule has 0 nitrogen and oxygen atoms in total. The molecule has 3 aliphatic heterocycles. The Morgan fingerprint density at radius 3 is 1.70 bits per heavy atom. The largest absolute Gasteiger partial charge is 0.179 e. The van der Waals surface area contributed by atoms with Gasteiger partial charge in [-0.05, 0) is 30.6 Å². The summed E-state index contributed by atoms with van der Waals surface area (Å²) in [5.74, 6) is 4.87. The van der Waals surface area contributed by atoms with Crippen molar-refractivity contribution in [3.8, 4) is 0 Å². The van der Waals surface area contributed by atoms with Gasteiger partial charge in [0.2, 0.25) is 0 Å². The van der Waals surface area contributed by atoms with Crippen molar-refractivity contribution in [3.63, 3.8) is 0 Å². The second-order valence-corrected chi connectivity index (χ2v) is 17.4. The Kier molecular flexibility index (Phi) is 14.5. The molecule has 3 heterocycles. The molecule has 0 fully saturated rings. The molecule has 0 spiro atoms. The minimum atomic E-state index is 1.05. The van der Waals surface area contributed by atoms with Crippen molar-refractivity contribution in [1.29, 1.82) is 0 Å². The maximum absolute atomic E-state index is 4.28. The Hall–Kier alpha value is 2.37. The minimum absolute atomic E-state index is 1.05. The van der Waals surface area contributed by atoms with E-state index in [1.807, 2.05) is 58.8 Å². The lowest BCUT2D eigenvalue weighted by atomic mass is 10.1. The second-order valence-electron chi connectivity index (χ2n) is 7.14. The van der Waals surface area contributed by atoms with Gasteiger partial charge in [0.25, 0.3) is 0 Å². The Bertz CT molecular complexity index is 618. The predicted molar refractivity (Wildman–Crippen MR) is 162 cm³/mol. The third-order valence-electron chi connectivity index (χ3n) is 4.76. The first kappa shape index (κ1) is 27.0. The summed E-state index contributed by atoms with van der Waals surface area (Å²) in [5, 5.41) is 0. The zero-order chi connectivity index (χ0) is 21.0. The molecule has 3 rings (SSSR count). The van der Waals surface area contributed by atoms with Crippen LogP contribution in [-0.4, -0.2) is 29.3 Å². The molecule has 0 amide bonds. The van der Waals surface area contributed by atoms with Gasteiger partial charge in [-0.3, -0.25) is 0 Å². The summed E-state index contributed by atoms with van der Waals surface area (Å²) < 4.78 is 9.26. The first-order chi connectivity index (χ1) is 14.8. The van der Waals surface area contributed by atoms with Crippen molar-refractivity contribution in [1.82, 2.24) is 0 Å². The van der Waals surface area contributed by atoms with Crippen LogP contribution in [0.3, 0.4) is 0 Å². The lowest BCUT2D eigenvalue weighted by Crippen LogP contribution is -1.88. The topological polar surface area (TPSA) is 0 Å². The van der Waals surface area contributed by atoms with E-state index >= 15 is 0 Å². The first-order valence-electron chi connectivity index (χ1n) is 10.8. The summed E-state index contributed by atoms with van der Waals surface area (Å²) in [7, 11) is 0. The monoisotopic (exact) mass is 572 g/mol. The highest BCUT2D eigenvalue weighted by molar-refractivity contribution is 8.45. The lowest BCUT2D eigenvalue weighted by Gasteiger charge is -2.08. The number of thiol groups is 1. The number of unbranched alkanes of at least 4 members (excludes halogenated alkanes) is 9. The number of hydrogen-bond donors (Lipinski definition) is 1. The molecule has 0 radical (unpaired) electrons. The van der Waals surface area contributed by atoms with Gasteiger partial charge >= 0.3 is 0 Å². The summed E-state index contributed by atoms with van der Waals surface area (Å²) in [6.45, 7) is 0. The number of rotatable bonds is 14. The van der Waals surface area contributed by atoms with Crippen LogP contribution in [0.5, 0.6) is 0 Å². The molecule has 9 heteroatoms. The van der Waals surface area contributed by atoms with E-state index in [-0.39, 0.29) is 0 Å². The van der Waals surface area contributed by atoms with Gasteiger partial charge in [0.15, 0.2) is 0 Å². The van der Waals surface area contributed by atoms with Crippen molar-refractivity contribution < 1.29 is 0 Å². The highest BCUT2D eigenvalue weighted by atomic mass is 32.3. The van der Waals surface area contributed by atoms with Crippen molar-refractivity contribution in [2.75, 3.05) is 29.3 Å². The Morgan fingerprint density at radius 1 is 0.633 bits per heavy atom. The average molecular weight is 573 g/mol. The fourth-order valence-electron chi connectivity index (χ4n) is 3.16. The highest BCUT2D eigenvalue weighted by Crippen LogP contribution is 2.66. The predicted octanol–water partition coefficient (Wildman–Crippen LogP) is 10.7. The maximum atomic E-state index is 4.28. The van der Waals surface area contributed by atoms with Crippen molar-refractivity contribution >= 4 is 107 Å². The van der Waals surface area contributed by atoms with Crippen LogP contribution in [0.4, 0.5) is 0 Å². The molecule has 0 atom stereocenters. The molecule has 0 aromatic carbocycles. The van der Waals surface area contributed by atoms with Crippen LogP contribution >= 0.6 is 107 Å². The summed E-state index contributed by atoms with van der Waals surface area (Å²) in [6.07, 6.45) is 16.2. The van der Waals surface area contributed by atoms with Gasteiger partial charge in [0.1, 0.15) is 0 Å². The summed E-state index contributed by atoms with van der Waals surface area (Å²) in [6, 6.07) is 0. The molecule has 0 saturated heterocycles. The van der Waals surface area contributed by atoms with Gasteiger partial charge in [0, 0.05) is 11.5 Å². The van der Waals surface area contributed by atoms with E-state index < -0.39 is 0 Å². The van der Waals surface area contributed by atoms with E-state index in [9.17, 15) is 0 Å². The molecular weight excluding hydrogens is 541 g/mol. The van der Waals surface area contributed by atoms with Crippen molar-refractivity contribution in [2.45, 2.75) is 64.2 Å². The van der Waals surface area contributed by atoms with Gasteiger partial charge in [-0.1, -0.05) is 98.4 Å². The van der Waals surface area contributed by atoms with Gasteiger partial charge in [-0.25, -0.2) is 0 Å². The van der Waals surface area contributed by atoms with Gasteiger partial charge in [-0.2, -0.15) is 12.6 Å². The normalized spacial score (nSPS) is 19.4. The molecule has 0 aromatic rings. The standard InChI is InChI=1S/C21H32S9/c1-23-16-17(24-13-11-9-7-5-3-2-4-6-8-10-12-22)28-20(27-16)21-29-18-19(30-21)26-15-14-25-18/h22H,2-15H2,1H3. The zero-order valence-electron chi connectivity index (χ0n) is 17.6. The molecule has 0 saturated carbocycles. The summed E-state index contributed by atoms with van der Waals surface area (Å²) >= 11 is 20.5. The molecule has 0 aliphatic carbocycles. The van der Waals surface area contributed by atoms with E-state index in [2.05, 4.69) is 54.2 Å². The van der Waals surface area contributed by atoms with Gasteiger partial charge < -0.3 is 0 Å². The van der Waals surface area contributed by atoms with Crippen molar-refractivity contribution in [3.05, 3.63) is 25.4 Å². The average Bonchev–Trinajstić information content (AvgIpc) is 3.38. The zero-order valence-corrected chi connectivity index (χ0v) is 25.0. The third-order valence-corrected chi connectivity index (χ3v) is 16.8. The van der Waals surface area contributed by atoms with Crippen molar-refractivity contribution in [2.24, 2.45) is 0 Å². The molecule has 3 aliphatic rings. The highest BCUT2D eigenvalue weighted by Gasteiger charge is 2.31. The minimum Gasteiger partial charge on any atom is -0.179 e. The smallest absolute Gasteiger partial charge is 0.0717 e. The van der Waals surface area contributed by atoms with Crippen LogP contribution in [0.15, 0.2) is 25.4 Å². The quantitative estimate of drug-likeness (QED) is 0.159. The van der Waals surface area contributed by atoms with E-state index in [1.54, 1.807) is 12.7 Å². The molecule has 30 heavy (non-hydrogen) atoms. The molecule has 0 unspecified atom stereocenters. The summed E-state index contributed by atoms with van der Waals surface area (Å²) in [5.41, 5.74) is 0. The van der Waals surface area contributed by atoms with Crippen LogP contribution in [0.25, 0.3) is 0 Å². The van der Waals surface area contributed by atoms with Crippen LogP contribution < -0.4 is 0 Å². The molecule has 0 aromatic heterocycles. The van der Waals surface area contributed by atoms with Crippen LogP contribution in [-0.2, 0) is 0 Å². The van der Waals surface area contributed by atoms with E-state index in [0.29, 0.717) is 0 Å². The Morgan fingerprint density at radius 2 is 1.13 bits per heavy atom. The fourth-order valence-corrected chi connectivity index (χ4v) is 15.1. The summed E-state index contributed by atoms with van der Waals surface area (Å²) in [4.78, 5) is 0. The van der Waals surface area contributed by atoms with Gasteiger partial charge in [-0.15, -0.1) is 47.0 Å².